The molecular formula is C10H12FNO2S. The van der Waals surface area contributed by atoms with Gasteiger partial charge in [0.25, 0.3) is 5.91 Å². The van der Waals surface area contributed by atoms with Gasteiger partial charge in [-0.25, -0.2) is 9.45 Å². The second kappa shape index (κ2) is 5.72. The summed E-state index contributed by atoms with van der Waals surface area (Å²) in [6.07, 6.45) is 0. The molecule has 0 saturated heterocycles. The number of hydrogen-bond donors (Lipinski definition) is 0. The van der Waals surface area contributed by atoms with Gasteiger partial charge in [-0.1, -0.05) is 0 Å². The average Bonchev–Trinajstić information content (AvgIpc) is 2.26. The summed E-state index contributed by atoms with van der Waals surface area (Å²) in [6, 6.07) is 6.01. The second-order valence-corrected chi connectivity index (χ2v) is 3.87. The molecule has 0 heterocycles. The van der Waals surface area contributed by atoms with Crippen LogP contribution in [0.25, 0.3) is 0 Å². The van der Waals surface area contributed by atoms with Gasteiger partial charge in [0.1, 0.15) is 5.82 Å². The molecule has 0 aromatic heterocycles. The number of amides is 1. The van der Waals surface area contributed by atoms with Crippen molar-refractivity contribution < 1.29 is 14.0 Å². The fourth-order valence-electron chi connectivity index (χ4n) is 0.869. The van der Waals surface area contributed by atoms with Crippen LogP contribution in [0.5, 0.6) is 0 Å². The molecule has 0 saturated carbocycles. The molecule has 1 rings (SSSR count). The standard InChI is InChI=1S/C10H12FNO2S/c1-12(14-2)10(13)7-15-9-5-3-8(11)4-6-9/h3-6H,7H2,1-2H3. The maximum atomic E-state index is 12.6. The van der Waals surface area contributed by atoms with Crippen molar-refractivity contribution in [1.82, 2.24) is 5.06 Å². The smallest absolute Gasteiger partial charge is 0.256 e. The van der Waals surface area contributed by atoms with E-state index in [2.05, 4.69) is 0 Å². The van der Waals surface area contributed by atoms with E-state index in [1.807, 2.05) is 0 Å². The van der Waals surface area contributed by atoms with Crippen LogP contribution in [0, 0.1) is 5.82 Å². The number of carbonyl (C=O) groups excluding carboxylic acids is 1. The minimum atomic E-state index is -0.278. The number of nitrogens with zero attached hydrogens (tertiary/aromatic N) is 1. The highest BCUT2D eigenvalue weighted by Crippen LogP contribution is 2.18. The lowest BCUT2D eigenvalue weighted by Crippen LogP contribution is -2.26. The molecule has 0 aliphatic rings. The average molecular weight is 229 g/mol. The van der Waals surface area contributed by atoms with E-state index in [4.69, 9.17) is 4.84 Å². The highest BCUT2D eigenvalue weighted by molar-refractivity contribution is 8.00. The Morgan fingerprint density at radius 1 is 1.47 bits per heavy atom. The van der Waals surface area contributed by atoms with Crippen molar-refractivity contribution in [3.8, 4) is 0 Å². The number of rotatable bonds is 4. The first kappa shape index (κ1) is 12.0. The molecule has 1 amide bonds. The monoisotopic (exact) mass is 229 g/mol. The van der Waals surface area contributed by atoms with E-state index < -0.39 is 0 Å². The van der Waals surface area contributed by atoms with Gasteiger partial charge < -0.3 is 0 Å². The topological polar surface area (TPSA) is 29.5 Å². The lowest BCUT2D eigenvalue weighted by atomic mass is 10.4. The summed E-state index contributed by atoms with van der Waals surface area (Å²) >= 11 is 1.34. The Bertz CT molecular complexity index is 329. The SMILES string of the molecule is CON(C)C(=O)CSc1ccc(F)cc1. The largest absolute Gasteiger partial charge is 0.275 e. The summed E-state index contributed by atoms with van der Waals surface area (Å²) in [4.78, 5) is 16.9. The summed E-state index contributed by atoms with van der Waals surface area (Å²) < 4.78 is 12.6. The first-order chi connectivity index (χ1) is 7.13. The molecule has 0 bridgehead atoms. The van der Waals surface area contributed by atoms with Gasteiger partial charge in [-0.05, 0) is 24.3 Å². The van der Waals surface area contributed by atoms with Gasteiger partial charge >= 0.3 is 0 Å². The predicted molar refractivity (Wildman–Crippen MR) is 56.9 cm³/mol. The van der Waals surface area contributed by atoms with Crippen molar-refractivity contribution in [3.63, 3.8) is 0 Å². The zero-order chi connectivity index (χ0) is 11.3. The maximum Gasteiger partial charge on any atom is 0.256 e. The van der Waals surface area contributed by atoms with Crippen molar-refractivity contribution in [2.24, 2.45) is 0 Å². The molecule has 3 nitrogen and oxygen atoms in total. The van der Waals surface area contributed by atoms with Gasteiger partial charge in [-0.15, -0.1) is 11.8 Å². The Balaban J connectivity index is 2.43. The van der Waals surface area contributed by atoms with Gasteiger partial charge in [-0.3, -0.25) is 9.63 Å². The summed E-state index contributed by atoms with van der Waals surface area (Å²) in [6.45, 7) is 0. The molecule has 0 N–H and O–H groups in total. The summed E-state index contributed by atoms with van der Waals surface area (Å²) in [7, 11) is 2.98. The second-order valence-electron chi connectivity index (χ2n) is 2.82. The van der Waals surface area contributed by atoms with Gasteiger partial charge in [-0.2, -0.15) is 0 Å². The van der Waals surface area contributed by atoms with Crippen LogP contribution in [0.2, 0.25) is 0 Å². The number of thioether (sulfide) groups is 1. The lowest BCUT2D eigenvalue weighted by Gasteiger charge is -2.12. The van der Waals surface area contributed by atoms with Gasteiger partial charge in [0.05, 0.1) is 12.9 Å². The number of halogens is 1. The Morgan fingerprint density at radius 3 is 2.60 bits per heavy atom. The Labute approximate surface area is 92.2 Å². The van der Waals surface area contributed by atoms with Gasteiger partial charge in [0, 0.05) is 11.9 Å². The van der Waals surface area contributed by atoms with Crippen LogP contribution in [0.15, 0.2) is 29.2 Å². The molecule has 0 atom stereocenters. The molecule has 1 aromatic rings. The minimum absolute atomic E-state index is 0.133. The lowest BCUT2D eigenvalue weighted by molar-refractivity contribution is -0.165. The van der Waals surface area contributed by atoms with Gasteiger partial charge in [0.2, 0.25) is 0 Å². The molecule has 15 heavy (non-hydrogen) atoms. The van der Waals surface area contributed by atoms with Crippen molar-refractivity contribution in [3.05, 3.63) is 30.1 Å². The number of hydrogen-bond acceptors (Lipinski definition) is 3. The fraction of sp³-hybridized carbons (Fsp3) is 0.300. The summed E-state index contributed by atoms with van der Waals surface area (Å²) in [5.41, 5.74) is 0. The first-order valence-electron chi connectivity index (χ1n) is 4.32. The molecule has 0 fully saturated rings. The van der Waals surface area contributed by atoms with Crippen molar-refractivity contribution in [1.29, 1.82) is 0 Å². The molecule has 0 aliphatic carbocycles. The van der Waals surface area contributed by atoms with Crippen molar-refractivity contribution >= 4 is 17.7 Å². The third-order valence-corrected chi connectivity index (χ3v) is 2.80. The van der Waals surface area contributed by atoms with E-state index in [9.17, 15) is 9.18 Å². The van der Waals surface area contributed by atoms with E-state index in [1.54, 1.807) is 19.2 Å². The number of carbonyl (C=O) groups is 1. The van der Waals surface area contributed by atoms with Gasteiger partial charge in [0.15, 0.2) is 0 Å². The zero-order valence-electron chi connectivity index (χ0n) is 8.57. The highest BCUT2D eigenvalue weighted by atomic mass is 32.2. The quantitative estimate of drug-likeness (QED) is 0.583. The molecule has 0 spiro atoms. The third-order valence-electron chi connectivity index (χ3n) is 1.80. The third kappa shape index (κ3) is 3.89. The van der Waals surface area contributed by atoms with E-state index in [0.717, 1.165) is 9.96 Å². The van der Waals surface area contributed by atoms with E-state index in [-0.39, 0.29) is 17.5 Å². The number of hydroxylamine groups is 2. The Hall–Kier alpha value is -1.07. The molecule has 0 unspecified atom stereocenters. The van der Waals surface area contributed by atoms with E-state index in [0.29, 0.717) is 0 Å². The van der Waals surface area contributed by atoms with Crippen LogP contribution < -0.4 is 0 Å². The van der Waals surface area contributed by atoms with Crippen LogP contribution in [0.3, 0.4) is 0 Å². The predicted octanol–water partition coefficient (Wildman–Crippen LogP) is 1.94. The van der Waals surface area contributed by atoms with Crippen LogP contribution >= 0.6 is 11.8 Å². The van der Waals surface area contributed by atoms with Crippen LogP contribution in [0.1, 0.15) is 0 Å². The molecule has 0 radical (unpaired) electrons. The normalized spacial score (nSPS) is 10.1. The van der Waals surface area contributed by atoms with E-state index >= 15 is 0 Å². The minimum Gasteiger partial charge on any atom is -0.275 e. The molecular weight excluding hydrogens is 217 g/mol. The molecule has 0 aliphatic heterocycles. The fourth-order valence-corrected chi connectivity index (χ4v) is 1.67. The Kier molecular flexibility index (Phi) is 4.58. The summed E-state index contributed by atoms with van der Waals surface area (Å²) in [5, 5.41) is 1.16. The van der Waals surface area contributed by atoms with Crippen LogP contribution in [0.4, 0.5) is 4.39 Å². The maximum absolute atomic E-state index is 12.6. The highest BCUT2D eigenvalue weighted by Gasteiger charge is 2.07. The Morgan fingerprint density at radius 2 is 2.07 bits per heavy atom. The molecule has 82 valence electrons. The van der Waals surface area contributed by atoms with Crippen LogP contribution in [-0.4, -0.2) is 30.9 Å². The van der Waals surface area contributed by atoms with Crippen molar-refractivity contribution in [2.75, 3.05) is 19.9 Å². The summed E-state index contributed by atoms with van der Waals surface area (Å²) in [5.74, 6) is -0.137. The first-order valence-corrected chi connectivity index (χ1v) is 5.31. The zero-order valence-corrected chi connectivity index (χ0v) is 9.38. The van der Waals surface area contributed by atoms with E-state index in [1.165, 1.54) is 31.0 Å². The van der Waals surface area contributed by atoms with Crippen LogP contribution in [-0.2, 0) is 9.63 Å². The van der Waals surface area contributed by atoms with Crippen molar-refractivity contribution in [2.45, 2.75) is 4.90 Å². The number of benzene rings is 1. The molecule has 5 heteroatoms. The molecule has 1 aromatic carbocycles.